The molecule has 2 rings (SSSR count). The Kier molecular flexibility index (Phi) is 3.46. The topological polar surface area (TPSA) is 51.2 Å². The van der Waals surface area contributed by atoms with Gasteiger partial charge in [0.25, 0.3) is 5.91 Å². The summed E-state index contributed by atoms with van der Waals surface area (Å²) in [5.74, 6) is -0.291. The standard InChI is InChI=1S/C11H13FN2O2/c12-10-9(2-1-7-16-10)14-11(15)8-3-5-13-6-4-8/h3-6,9-10H,1-2,7H2,(H,14,15). The third kappa shape index (κ3) is 2.55. The first-order chi connectivity index (χ1) is 7.77. The molecule has 1 fully saturated rings. The number of hydrogen-bond acceptors (Lipinski definition) is 3. The molecule has 0 spiro atoms. The third-order valence-corrected chi connectivity index (χ3v) is 2.51. The Balaban J connectivity index is 1.96. The van der Waals surface area contributed by atoms with E-state index in [1.54, 1.807) is 12.1 Å². The molecular weight excluding hydrogens is 211 g/mol. The maximum absolute atomic E-state index is 13.3. The minimum Gasteiger partial charge on any atom is -0.347 e. The molecule has 4 nitrogen and oxygen atoms in total. The van der Waals surface area contributed by atoms with Crippen molar-refractivity contribution in [2.75, 3.05) is 6.61 Å². The Morgan fingerprint density at radius 1 is 1.50 bits per heavy atom. The van der Waals surface area contributed by atoms with Gasteiger partial charge in [0.2, 0.25) is 6.36 Å². The number of alkyl halides is 1. The molecule has 1 aliphatic rings. The van der Waals surface area contributed by atoms with Crippen LogP contribution in [0.5, 0.6) is 0 Å². The van der Waals surface area contributed by atoms with Gasteiger partial charge in [-0.15, -0.1) is 0 Å². The molecule has 0 aliphatic carbocycles. The molecule has 2 unspecified atom stereocenters. The molecule has 2 heterocycles. The van der Waals surface area contributed by atoms with Gasteiger partial charge in [-0.2, -0.15) is 0 Å². The van der Waals surface area contributed by atoms with Crippen LogP contribution in [0.3, 0.4) is 0 Å². The summed E-state index contributed by atoms with van der Waals surface area (Å²) in [6.07, 6.45) is 3.03. The highest BCUT2D eigenvalue weighted by molar-refractivity contribution is 5.94. The molecule has 2 atom stereocenters. The number of amides is 1. The van der Waals surface area contributed by atoms with Crippen LogP contribution in [-0.2, 0) is 4.74 Å². The number of pyridine rings is 1. The van der Waals surface area contributed by atoms with E-state index >= 15 is 0 Å². The zero-order chi connectivity index (χ0) is 11.4. The van der Waals surface area contributed by atoms with E-state index in [4.69, 9.17) is 4.74 Å². The number of nitrogens with zero attached hydrogens (tertiary/aromatic N) is 1. The van der Waals surface area contributed by atoms with Crippen molar-refractivity contribution in [1.29, 1.82) is 0 Å². The van der Waals surface area contributed by atoms with Gasteiger partial charge >= 0.3 is 0 Å². The lowest BCUT2D eigenvalue weighted by atomic mass is 10.1. The molecule has 0 radical (unpaired) electrons. The lowest BCUT2D eigenvalue weighted by Gasteiger charge is -2.26. The second kappa shape index (κ2) is 5.03. The summed E-state index contributed by atoms with van der Waals surface area (Å²) in [6.45, 7) is 0.419. The maximum atomic E-state index is 13.3. The number of ether oxygens (including phenoxy) is 1. The van der Waals surface area contributed by atoms with Crippen LogP contribution in [-0.4, -0.2) is 29.9 Å². The summed E-state index contributed by atoms with van der Waals surface area (Å²) in [7, 11) is 0. The summed E-state index contributed by atoms with van der Waals surface area (Å²) in [5, 5.41) is 2.62. The fourth-order valence-electron chi connectivity index (χ4n) is 1.64. The number of halogens is 1. The van der Waals surface area contributed by atoms with Crippen molar-refractivity contribution >= 4 is 5.91 Å². The SMILES string of the molecule is O=C(NC1CCCOC1F)c1ccncc1. The molecule has 5 heteroatoms. The van der Waals surface area contributed by atoms with Crippen molar-refractivity contribution in [2.45, 2.75) is 25.2 Å². The number of nitrogens with one attached hydrogen (secondary N) is 1. The van der Waals surface area contributed by atoms with Crippen LogP contribution in [0, 0.1) is 0 Å². The maximum Gasteiger partial charge on any atom is 0.251 e. The van der Waals surface area contributed by atoms with Gasteiger partial charge in [0, 0.05) is 18.0 Å². The van der Waals surface area contributed by atoms with Crippen molar-refractivity contribution < 1.29 is 13.9 Å². The highest BCUT2D eigenvalue weighted by Crippen LogP contribution is 2.15. The van der Waals surface area contributed by atoms with Gasteiger partial charge in [-0.25, -0.2) is 4.39 Å². The average Bonchev–Trinajstić information content (AvgIpc) is 2.33. The van der Waals surface area contributed by atoms with Crippen LogP contribution in [0.2, 0.25) is 0 Å². The third-order valence-electron chi connectivity index (χ3n) is 2.51. The highest BCUT2D eigenvalue weighted by atomic mass is 19.1. The number of aromatic nitrogens is 1. The largest absolute Gasteiger partial charge is 0.347 e. The Labute approximate surface area is 92.8 Å². The fraction of sp³-hybridized carbons (Fsp3) is 0.455. The van der Waals surface area contributed by atoms with Crippen LogP contribution in [0.15, 0.2) is 24.5 Å². The van der Waals surface area contributed by atoms with Crippen LogP contribution in [0.1, 0.15) is 23.2 Å². The van der Waals surface area contributed by atoms with Gasteiger partial charge in [0.1, 0.15) is 0 Å². The molecule has 16 heavy (non-hydrogen) atoms. The van der Waals surface area contributed by atoms with Gasteiger partial charge in [-0.05, 0) is 25.0 Å². The normalized spacial score (nSPS) is 25.1. The van der Waals surface area contributed by atoms with E-state index in [9.17, 15) is 9.18 Å². The Bertz CT molecular complexity index is 358. The number of carbonyl (C=O) groups is 1. The van der Waals surface area contributed by atoms with Crippen molar-refractivity contribution in [3.63, 3.8) is 0 Å². The molecule has 0 aromatic carbocycles. The summed E-state index contributed by atoms with van der Waals surface area (Å²) in [5.41, 5.74) is 0.479. The summed E-state index contributed by atoms with van der Waals surface area (Å²) >= 11 is 0. The van der Waals surface area contributed by atoms with Crippen molar-refractivity contribution in [3.8, 4) is 0 Å². The fourth-order valence-corrected chi connectivity index (χ4v) is 1.64. The minimum atomic E-state index is -1.40. The van der Waals surface area contributed by atoms with E-state index in [-0.39, 0.29) is 5.91 Å². The Hall–Kier alpha value is -1.49. The first-order valence-corrected chi connectivity index (χ1v) is 5.24. The molecule has 1 amide bonds. The number of rotatable bonds is 2. The molecular formula is C11H13FN2O2. The summed E-state index contributed by atoms with van der Waals surface area (Å²) < 4.78 is 18.1. The van der Waals surface area contributed by atoms with Crippen LogP contribution in [0.4, 0.5) is 4.39 Å². The molecule has 1 aromatic heterocycles. The number of carbonyl (C=O) groups excluding carboxylic acids is 1. The van der Waals surface area contributed by atoms with E-state index < -0.39 is 12.4 Å². The van der Waals surface area contributed by atoms with E-state index in [1.165, 1.54) is 12.4 Å². The van der Waals surface area contributed by atoms with E-state index in [1.807, 2.05) is 0 Å². The Morgan fingerprint density at radius 2 is 2.25 bits per heavy atom. The summed E-state index contributed by atoms with van der Waals surface area (Å²) in [6, 6.07) is 2.63. The van der Waals surface area contributed by atoms with Crippen molar-refractivity contribution in [1.82, 2.24) is 10.3 Å². The molecule has 86 valence electrons. The van der Waals surface area contributed by atoms with Gasteiger partial charge in [-0.3, -0.25) is 9.78 Å². The molecule has 1 aliphatic heterocycles. The first kappa shape index (κ1) is 11.0. The highest BCUT2D eigenvalue weighted by Gasteiger charge is 2.27. The second-order valence-corrected chi connectivity index (χ2v) is 3.68. The van der Waals surface area contributed by atoms with Crippen LogP contribution in [0.25, 0.3) is 0 Å². The van der Waals surface area contributed by atoms with E-state index in [0.717, 1.165) is 6.42 Å². The lowest BCUT2D eigenvalue weighted by Crippen LogP contribution is -2.45. The molecule has 1 N–H and O–H groups in total. The van der Waals surface area contributed by atoms with Gasteiger partial charge < -0.3 is 10.1 Å². The van der Waals surface area contributed by atoms with Crippen molar-refractivity contribution in [3.05, 3.63) is 30.1 Å². The molecule has 1 aromatic rings. The van der Waals surface area contributed by atoms with E-state index in [2.05, 4.69) is 10.3 Å². The lowest BCUT2D eigenvalue weighted by molar-refractivity contribution is -0.0871. The van der Waals surface area contributed by atoms with E-state index in [0.29, 0.717) is 18.6 Å². The van der Waals surface area contributed by atoms with Crippen LogP contribution >= 0.6 is 0 Å². The molecule has 0 saturated carbocycles. The predicted octanol–water partition coefficient (Wildman–Crippen LogP) is 1.29. The second-order valence-electron chi connectivity index (χ2n) is 3.68. The monoisotopic (exact) mass is 224 g/mol. The first-order valence-electron chi connectivity index (χ1n) is 5.24. The van der Waals surface area contributed by atoms with Crippen molar-refractivity contribution in [2.24, 2.45) is 0 Å². The average molecular weight is 224 g/mol. The van der Waals surface area contributed by atoms with Gasteiger partial charge in [-0.1, -0.05) is 0 Å². The minimum absolute atomic E-state index is 0.291. The molecule has 0 bridgehead atoms. The summed E-state index contributed by atoms with van der Waals surface area (Å²) in [4.78, 5) is 15.5. The van der Waals surface area contributed by atoms with Gasteiger partial charge in [0.15, 0.2) is 0 Å². The molecule has 1 saturated heterocycles. The predicted molar refractivity (Wildman–Crippen MR) is 55.6 cm³/mol. The zero-order valence-electron chi connectivity index (χ0n) is 8.73. The van der Waals surface area contributed by atoms with Gasteiger partial charge in [0.05, 0.1) is 12.6 Å². The smallest absolute Gasteiger partial charge is 0.251 e. The van der Waals surface area contributed by atoms with Crippen LogP contribution < -0.4 is 5.32 Å². The number of hydrogen-bond donors (Lipinski definition) is 1. The quantitative estimate of drug-likeness (QED) is 0.823. The Morgan fingerprint density at radius 3 is 2.94 bits per heavy atom. The zero-order valence-corrected chi connectivity index (χ0v) is 8.73.